The number of urea groups is 1. The molecule has 23 heavy (non-hydrogen) atoms. The number of nitrogens with one attached hydrogen (secondary N) is 2. The zero-order chi connectivity index (χ0) is 16.0. The molecule has 0 aromatic heterocycles. The van der Waals surface area contributed by atoms with Crippen LogP contribution < -0.4 is 10.6 Å². The van der Waals surface area contributed by atoms with Crippen molar-refractivity contribution in [3.05, 3.63) is 12.2 Å². The van der Waals surface area contributed by atoms with E-state index in [4.69, 9.17) is 0 Å². The summed E-state index contributed by atoms with van der Waals surface area (Å²) in [5.41, 5.74) is 0. The topological polar surface area (TPSA) is 78.5 Å². The number of rotatable bonds is 3. The number of hydrogen-bond acceptors (Lipinski definition) is 3. The Morgan fingerprint density at radius 1 is 1.04 bits per heavy atom. The summed E-state index contributed by atoms with van der Waals surface area (Å²) in [5, 5.41) is 5.63. The third kappa shape index (κ3) is 2.44. The Bertz CT molecular complexity index is 537. The Hall–Kier alpha value is -1.85. The molecule has 4 atom stereocenters. The van der Waals surface area contributed by atoms with Gasteiger partial charge in [-0.15, -0.1) is 0 Å². The fourth-order valence-electron chi connectivity index (χ4n) is 4.75. The zero-order valence-corrected chi connectivity index (χ0v) is 13.2. The standard InChI is InChI=1S/C17H23N3O3/c21-15-13-10-6-7-11(8-10)14(13)16(22)20(15)9-18-17(23)19-12-4-2-1-3-5-12/h6-7,10-14H,1-5,8-9H2,(H2,18,19,23). The van der Waals surface area contributed by atoms with Gasteiger partial charge < -0.3 is 10.6 Å². The molecule has 6 heteroatoms. The van der Waals surface area contributed by atoms with Crippen molar-refractivity contribution in [3.8, 4) is 0 Å². The predicted octanol–water partition coefficient (Wildman–Crippen LogP) is 1.38. The van der Waals surface area contributed by atoms with Gasteiger partial charge in [0.25, 0.3) is 0 Å². The van der Waals surface area contributed by atoms with Gasteiger partial charge in [-0.2, -0.15) is 0 Å². The van der Waals surface area contributed by atoms with E-state index in [9.17, 15) is 14.4 Å². The molecule has 1 aliphatic heterocycles. The van der Waals surface area contributed by atoms with Crippen LogP contribution in [0.15, 0.2) is 12.2 Å². The fraction of sp³-hybridized carbons (Fsp3) is 0.706. The number of nitrogens with zero attached hydrogens (tertiary/aromatic N) is 1. The Balaban J connectivity index is 1.32. The van der Waals surface area contributed by atoms with Gasteiger partial charge in [-0.25, -0.2) is 4.79 Å². The predicted molar refractivity (Wildman–Crippen MR) is 83.0 cm³/mol. The van der Waals surface area contributed by atoms with Crippen molar-refractivity contribution < 1.29 is 14.4 Å². The lowest BCUT2D eigenvalue weighted by Gasteiger charge is -2.24. The molecule has 1 heterocycles. The van der Waals surface area contributed by atoms with Crippen LogP contribution in [-0.4, -0.2) is 35.5 Å². The maximum atomic E-state index is 12.5. The second-order valence-electron chi connectivity index (χ2n) is 7.25. The van der Waals surface area contributed by atoms with Crippen molar-refractivity contribution in [1.82, 2.24) is 15.5 Å². The number of carbonyl (C=O) groups is 3. The van der Waals surface area contributed by atoms with Crippen molar-refractivity contribution >= 4 is 17.8 Å². The summed E-state index contributed by atoms with van der Waals surface area (Å²) in [4.78, 5) is 38.2. The molecule has 2 N–H and O–H groups in total. The van der Waals surface area contributed by atoms with Gasteiger partial charge in [-0.1, -0.05) is 31.4 Å². The molecule has 3 aliphatic carbocycles. The van der Waals surface area contributed by atoms with Gasteiger partial charge in [0.05, 0.1) is 11.8 Å². The number of hydrogen-bond donors (Lipinski definition) is 2. The minimum Gasteiger partial charge on any atom is -0.335 e. The fourth-order valence-corrected chi connectivity index (χ4v) is 4.75. The molecule has 6 nitrogen and oxygen atoms in total. The van der Waals surface area contributed by atoms with E-state index in [1.807, 2.05) is 0 Å². The summed E-state index contributed by atoms with van der Waals surface area (Å²) < 4.78 is 0. The highest BCUT2D eigenvalue weighted by Gasteiger charge is 2.59. The normalized spacial score (nSPS) is 35.7. The highest BCUT2D eigenvalue weighted by molar-refractivity contribution is 6.06. The Morgan fingerprint density at radius 3 is 2.26 bits per heavy atom. The maximum Gasteiger partial charge on any atom is 0.316 e. The highest BCUT2D eigenvalue weighted by atomic mass is 16.2. The van der Waals surface area contributed by atoms with Gasteiger partial charge in [-0.05, 0) is 31.1 Å². The van der Waals surface area contributed by atoms with E-state index in [2.05, 4.69) is 22.8 Å². The van der Waals surface area contributed by atoms with Gasteiger partial charge in [0.2, 0.25) is 11.8 Å². The zero-order valence-electron chi connectivity index (χ0n) is 13.2. The van der Waals surface area contributed by atoms with E-state index in [0.717, 1.165) is 32.1 Å². The van der Waals surface area contributed by atoms with Crippen LogP contribution >= 0.6 is 0 Å². The summed E-state index contributed by atoms with van der Waals surface area (Å²) in [6.07, 6.45) is 10.6. The van der Waals surface area contributed by atoms with Crippen molar-refractivity contribution in [1.29, 1.82) is 0 Å². The molecule has 124 valence electrons. The van der Waals surface area contributed by atoms with Crippen LogP contribution in [0.25, 0.3) is 0 Å². The molecule has 2 saturated carbocycles. The molecule has 4 amide bonds. The van der Waals surface area contributed by atoms with Gasteiger partial charge in [0, 0.05) is 6.04 Å². The maximum absolute atomic E-state index is 12.5. The molecule has 0 radical (unpaired) electrons. The summed E-state index contributed by atoms with van der Waals surface area (Å²) in [6, 6.07) is -0.0659. The monoisotopic (exact) mass is 317 g/mol. The van der Waals surface area contributed by atoms with Gasteiger partial charge in [0.15, 0.2) is 0 Å². The number of likely N-dealkylation sites (tertiary alicyclic amines) is 1. The molecular weight excluding hydrogens is 294 g/mol. The average molecular weight is 317 g/mol. The second kappa shape index (κ2) is 5.65. The van der Waals surface area contributed by atoms with Crippen molar-refractivity contribution in [2.45, 2.75) is 44.6 Å². The smallest absolute Gasteiger partial charge is 0.316 e. The Morgan fingerprint density at radius 2 is 1.65 bits per heavy atom. The van der Waals surface area contributed by atoms with Crippen LogP contribution in [0.3, 0.4) is 0 Å². The number of amides is 4. The molecule has 1 saturated heterocycles. The molecule has 2 bridgehead atoms. The molecule has 0 spiro atoms. The lowest BCUT2D eigenvalue weighted by atomic mass is 9.85. The van der Waals surface area contributed by atoms with Gasteiger partial charge in [-0.3, -0.25) is 14.5 Å². The van der Waals surface area contributed by atoms with Crippen LogP contribution in [0, 0.1) is 23.7 Å². The third-order valence-corrected chi connectivity index (χ3v) is 5.90. The first-order chi connectivity index (χ1) is 11.1. The lowest BCUT2D eigenvalue weighted by Crippen LogP contribution is -2.48. The summed E-state index contributed by atoms with van der Waals surface area (Å²) >= 11 is 0. The lowest BCUT2D eigenvalue weighted by molar-refractivity contribution is -0.140. The Kier molecular flexibility index (Phi) is 3.62. The molecule has 0 aromatic carbocycles. The minimum absolute atomic E-state index is 0.0113. The Labute approximate surface area is 135 Å². The van der Waals surface area contributed by atoms with Crippen molar-refractivity contribution in [2.75, 3.05) is 6.67 Å². The van der Waals surface area contributed by atoms with Crippen LogP contribution in [-0.2, 0) is 9.59 Å². The molecule has 4 aliphatic rings. The van der Waals surface area contributed by atoms with Gasteiger partial charge in [0.1, 0.15) is 6.67 Å². The first-order valence-electron chi connectivity index (χ1n) is 8.73. The number of imide groups is 1. The highest BCUT2D eigenvalue weighted by Crippen LogP contribution is 2.52. The van der Waals surface area contributed by atoms with E-state index in [1.54, 1.807) is 0 Å². The van der Waals surface area contributed by atoms with E-state index < -0.39 is 0 Å². The van der Waals surface area contributed by atoms with Crippen LogP contribution in [0.1, 0.15) is 38.5 Å². The first-order valence-corrected chi connectivity index (χ1v) is 8.73. The molecule has 0 aromatic rings. The van der Waals surface area contributed by atoms with Crippen molar-refractivity contribution in [2.24, 2.45) is 23.7 Å². The minimum atomic E-state index is -0.282. The summed E-state index contributed by atoms with van der Waals surface area (Å²) in [5.74, 6) is -0.198. The summed E-state index contributed by atoms with van der Waals surface area (Å²) in [6.45, 7) is -0.0113. The number of allylic oxidation sites excluding steroid dienone is 2. The number of carbonyl (C=O) groups excluding carboxylic acids is 3. The second-order valence-corrected chi connectivity index (χ2v) is 7.25. The third-order valence-electron chi connectivity index (χ3n) is 5.90. The number of fused-ring (bicyclic) bond motifs is 5. The van der Waals surface area contributed by atoms with Crippen LogP contribution in [0.5, 0.6) is 0 Å². The molecule has 4 unspecified atom stereocenters. The first kappa shape index (κ1) is 14.7. The summed E-state index contributed by atoms with van der Waals surface area (Å²) in [7, 11) is 0. The van der Waals surface area contributed by atoms with E-state index in [0.29, 0.717) is 0 Å². The van der Waals surface area contributed by atoms with Crippen LogP contribution in [0.4, 0.5) is 4.79 Å². The SMILES string of the molecule is O=C(NCN1C(=O)C2C3C=CC(C3)C2C1=O)NC1CCCCC1. The van der Waals surface area contributed by atoms with Crippen LogP contribution in [0.2, 0.25) is 0 Å². The van der Waals surface area contributed by atoms with E-state index >= 15 is 0 Å². The van der Waals surface area contributed by atoms with Crippen molar-refractivity contribution in [3.63, 3.8) is 0 Å². The molecule has 4 rings (SSSR count). The van der Waals surface area contributed by atoms with E-state index in [1.165, 1.54) is 11.3 Å². The quantitative estimate of drug-likeness (QED) is 0.610. The molecular formula is C17H23N3O3. The van der Waals surface area contributed by atoms with E-state index in [-0.39, 0.29) is 54.2 Å². The van der Waals surface area contributed by atoms with Gasteiger partial charge >= 0.3 is 6.03 Å². The largest absolute Gasteiger partial charge is 0.335 e. The average Bonchev–Trinajstić information content (AvgIpc) is 3.22. The molecule has 3 fully saturated rings.